The first-order valence-electron chi connectivity index (χ1n) is 4.71. The Labute approximate surface area is 85.0 Å². The summed E-state index contributed by atoms with van der Waals surface area (Å²) in [5.74, 6) is 0.899. The van der Waals surface area contributed by atoms with E-state index in [1.807, 2.05) is 26.0 Å². The fourth-order valence-electron chi connectivity index (χ4n) is 1.57. The lowest BCUT2D eigenvalue weighted by atomic mass is 9.97. The zero-order valence-corrected chi connectivity index (χ0v) is 9.00. The predicted molar refractivity (Wildman–Crippen MR) is 58.5 cm³/mol. The normalized spacial score (nSPS) is 12.6. The lowest BCUT2D eigenvalue weighted by Gasteiger charge is -2.16. The number of ether oxygens (including phenoxy) is 1. The molecule has 3 heteroatoms. The van der Waals surface area contributed by atoms with Crippen molar-refractivity contribution in [1.29, 1.82) is 0 Å². The van der Waals surface area contributed by atoms with Gasteiger partial charge in [0.05, 0.1) is 7.11 Å². The van der Waals surface area contributed by atoms with Crippen LogP contribution in [0.5, 0.6) is 5.75 Å². The second-order valence-corrected chi connectivity index (χ2v) is 3.45. The minimum absolute atomic E-state index is 0.0837. The van der Waals surface area contributed by atoms with Gasteiger partial charge in [0.1, 0.15) is 5.75 Å². The van der Waals surface area contributed by atoms with Crippen LogP contribution in [0.15, 0.2) is 12.1 Å². The maximum atomic E-state index is 5.89. The van der Waals surface area contributed by atoms with Gasteiger partial charge in [0, 0.05) is 12.6 Å². The molecule has 14 heavy (non-hydrogen) atoms. The Kier molecular flexibility index (Phi) is 3.49. The predicted octanol–water partition coefficient (Wildman–Crippen LogP) is 1.27. The second-order valence-electron chi connectivity index (χ2n) is 3.45. The van der Waals surface area contributed by atoms with Gasteiger partial charge in [-0.1, -0.05) is 6.07 Å². The van der Waals surface area contributed by atoms with E-state index in [1.54, 1.807) is 7.11 Å². The first kappa shape index (κ1) is 11.0. The summed E-state index contributed by atoms with van der Waals surface area (Å²) in [6.45, 7) is 4.54. The van der Waals surface area contributed by atoms with Crippen molar-refractivity contribution in [3.05, 3.63) is 28.8 Å². The van der Waals surface area contributed by atoms with Gasteiger partial charge in [0.2, 0.25) is 0 Å². The van der Waals surface area contributed by atoms with E-state index >= 15 is 0 Å². The van der Waals surface area contributed by atoms with E-state index in [1.165, 1.54) is 5.56 Å². The van der Waals surface area contributed by atoms with Gasteiger partial charge >= 0.3 is 0 Å². The molecule has 0 aliphatic heterocycles. The molecular weight excluding hydrogens is 176 g/mol. The largest absolute Gasteiger partial charge is 0.496 e. The molecule has 3 nitrogen and oxygen atoms in total. The zero-order chi connectivity index (χ0) is 10.7. The molecule has 0 unspecified atom stereocenters. The smallest absolute Gasteiger partial charge is 0.122 e. The number of hydrogen-bond acceptors (Lipinski definition) is 3. The topological polar surface area (TPSA) is 61.3 Å². The molecule has 78 valence electrons. The van der Waals surface area contributed by atoms with Gasteiger partial charge in [0.25, 0.3) is 0 Å². The van der Waals surface area contributed by atoms with Crippen molar-refractivity contribution >= 4 is 0 Å². The van der Waals surface area contributed by atoms with Gasteiger partial charge in [-0.2, -0.15) is 0 Å². The van der Waals surface area contributed by atoms with Gasteiger partial charge in [0.15, 0.2) is 0 Å². The first-order chi connectivity index (χ1) is 6.61. The summed E-state index contributed by atoms with van der Waals surface area (Å²) in [6, 6.07) is 3.84. The summed E-state index contributed by atoms with van der Waals surface area (Å²) in [6.07, 6.45) is 0. The maximum Gasteiger partial charge on any atom is 0.122 e. The monoisotopic (exact) mass is 194 g/mol. The van der Waals surface area contributed by atoms with E-state index in [0.717, 1.165) is 16.9 Å². The Hall–Kier alpha value is -1.06. The Morgan fingerprint density at radius 2 is 1.93 bits per heavy atom. The molecule has 0 fully saturated rings. The van der Waals surface area contributed by atoms with Crippen LogP contribution < -0.4 is 16.2 Å². The van der Waals surface area contributed by atoms with E-state index in [2.05, 4.69) is 0 Å². The summed E-state index contributed by atoms with van der Waals surface area (Å²) in [5, 5.41) is 0. The summed E-state index contributed by atoms with van der Waals surface area (Å²) >= 11 is 0. The molecule has 0 saturated heterocycles. The van der Waals surface area contributed by atoms with Crippen LogP contribution in [0.4, 0.5) is 0 Å². The van der Waals surface area contributed by atoms with Crippen LogP contribution in [-0.4, -0.2) is 13.7 Å². The molecule has 1 aromatic carbocycles. The molecule has 0 aliphatic carbocycles. The average molecular weight is 194 g/mol. The Bertz CT molecular complexity index is 323. The van der Waals surface area contributed by atoms with E-state index in [9.17, 15) is 0 Å². The molecule has 0 spiro atoms. The SMILES string of the molecule is COc1ccc([C@@H](N)CN)c(C)c1C. The van der Waals surface area contributed by atoms with E-state index in [-0.39, 0.29) is 6.04 Å². The van der Waals surface area contributed by atoms with Crippen LogP contribution in [-0.2, 0) is 0 Å². The highest BCUT2D eigenvalue weighted by Crippen LogP contribution is 2.26. The van der Waals surface area contributed by atoms with Gasteiger partial charge < -0.3 is 16.2 Å². The van der Waals surface area contributed by atoms with Crippen molar-refractivity contribution in [2.45, 2.75) is 19.9 Å². The molecule has 1 aromatic rings. The summed E-state index contributed by atoms with van der Waals surface area (Å²) in [5.41, 5.74) is 14.8. The second kappa shape index (κ2) is 4.44. The van der Waals surface area contributed by atoms with Crippen LogP contribution >= 0.6 is 0 Å². The average Bonchev–Trinajstić information content (AvgIpc) is 2.21. The van der Waals surface area contributed by atoms with E-state index < -0.39 is 0 Å². The first-order valence-corrected chi connectivity index (χ1v) is 4.71. The molecule has 0 aromatic heterocycles. The molecule has 0 radical (unpaired) electrons. The molecule has 4 N–H and O–H groups in total. The van der Waals surface area contributed by atoms with Gasteiger partial charge in [-0.3, -0.25) is 0 Å². The number of nitrogens with two attached hydrogens (primary N) is 2. The molecule has 0 amide bonds. The Morgan fingerprint density at radius 3 is 2.43 bits per heavy atom. The standard InChI is InChI=1S/C11H18N2O/c1-7-8(2)11(14-3)5-4-9(7)10(13)6-12/h4-5,10H,6,12-13H2,1-3H3/t10-/m0/s1. The fraction of sp³-hybridized carbons (Fsp3) is 0.455. The van der Waals surface area contributed by atoms with Crippen molar-refractivity contribution in [3.8, 4) is 5.75 Å². The third-order valence-electron chi connectivity index (χ3n) is 2.65. The molecule has 1 rings (SSSR count). The summed E-state index contributed by atoms with van der Waals surface area (Å²) < 4.78 is 5.22. The van der Waals surface area contributed by atoms with Crippen molar-refractivity contribution in [3.63, 3.8) is 0 Å². The Balaban J connectivity index is 3.17. The highest BCUT2D eigenvalue weighted by Gasteiger charge is 2.11. The number of rotatable bonds is 3. The summed E-state index contributed by atoms with van der Waals surface area (Å²) in [4.78, 5) is 0. The fourth-order valence-corrected chi connectivity index (χ4v) is 1.57. The van der Waals surface area contributed by atoms with E-state index in [0.29, 0.717) is 6.54 Å². The van der Waals surface area contributed by atoms with Gasteiger partial charge in [-0.15, -0.1) is 0 Å². The number of methoxy groups -OCH3 is 1. The lowest BCUT2D eigenvalue weighted by molar-refractivity contribution is 0.411. The van der Waals surface area contributed by atoms with Gasteiger partial charge in [-0.05, 0) is 36.6 Å². The molecule has 0 bridgehead atoms. The number of benzene rings is 1. The number of hydrogen-bond donors (Lipinski definition) is 2. The zero-order valence-electron chi connectivity index (χ0n) is 9.00. The maximum absolute atomic E-state index is 5.89. The highest BCUT2D eigenvalue weighted by atomic mass is 16.5. The van der Waals surface area contributed by atoms with Crippen LogP contribution in [0.2, 0.25) is 0 Å². The van der Waals surface area contributed by atoms with Crippen LogP contribution in [0.3, 0.4) is 0 Å². The molecule has 0 aliphatic rings. The minimum atomic E-state index is -0.0837. The quantitative estimate of drug-likeness (QED) is 0.761. The molecule has 0 saturated carbocycles. The van der Waals surface area contributed by atoms with Crippen molar-refractivity contribution in [2.24, 2.45) is 11.5 Å². The molecule has 1 atom stereocenters. The third-order valence-corrected chi connectivity index (χ3v) is 2.65. The van der Waals surface area contributed by atoms with Crippen molar-refractivity contribution < 1.29 is 4.74 Å². The van der Waals surface area contributed by atoms with Crippen LogP contribution in [0.1, 0.15) is 22.7 Å². The molecular formula is C11H18N2O. The summed E-state index contributed by atoms with van der Waals surface area (Å²) in [7, 11) is 1.67. The van der Waals surface area contributed by atoms with Crippen molar-refractivity contribution in [2.75, 3.05) is 13.7 Å². The third kappa shape index (κ3) is 1.89. The lowest BCUT2D eigenvalue weighted by Crippen LogP contribution is -2.21. The Morgan fingerprint density at radius 1 is 1.29 bits per heavy atom. The highest BCUT2D eigenvalue weighted by molar-refractivity contribution is 5.44. The minimum Gasteiger partial charge on any atom is -0.496 e. The van der Waals surface area contributed by atoms with Crippen molar-refractivity contribution in [1.82, 2.24) is 0 Å². The van der Waals surface area contributed by atoms with Crippen LogP contribution in [0.25, 0.3) is 0 Å². The van der Waals surface area contributed by atoms with Crippen LogP contribution in [0, 0.1) is 13.8 Å². The molecule has 0 heterocycles. The van der Waals surface area contributed by atoms with E-state index in [4.69, 9.17) is 16.2 Å². The van der Waals surface area contributed by atoms with Gasteiger partial charge in [-0.25, -0.2) is 0 Å².